The summed E-state index contributed by atoms with van der Waals surface area (Å²) in [6.07, 6.45) is 1.79. The fraction of sp³-hybridized carbons (Fsp3) is 0.200. The van der Waals surface area contributed by atoms with Crippen molar-refractivity contribution in [2.75, 3.05) is 7.05 Å². The molecule has 0 aliphatic carbocycles. The number of rotatable bonds is 5. The number of para-hydroxylation sites is 1. The maximum Gasteiger partial charge on any atom is 0.278 e. The monoisotopic (exact) mass is 330 g/mol. The van der Waals surface area contributed by atoms with Crippen LogP contribution in [0.5, 0.6) is 0 Å². The third-order valence-electron chi connectivity index (χ3n) is 3.30. The summed E-state index contributed by atoms with van der Waals surface area (Å²) >= 11 is 0.941. The molecule has 2 aromatic heterocycles. The van der Waals surface area contributed by atoms with Crippen LogP contribution in [0.3, 0.4) is 0 Å². The van der Waals surface area contributed by atoms with Crippen LogP contribution in [0.25, 0.3) is 22.4 Å². The molecular formula is C15H14N4O3S. The van der Waals surface area contributed by atoms with Crippen molar-refractivity contribution in [2.45, 2.75) is 17.4 Å². The predicted octanol–water partition coefficient (Wildman–Crippen LogP) is 2.01. The average molecular weight is 330 g/mol. The van der Waals surface area contributed by atoms with E-state index in [9.17, 15) is 9.59 Å². The number of Topliss-reactive ketones (excluding diaryl/α,β-unsaturated/α-hetero) is 1. The fourth-order valence-electron chi connectivity index (χ4n) is 2.17. The second-order valence-electron chi connectivity index (χ2n) is 4.84. The molecule has 0 aliphatic rings. The fourth-order valence-corrected chi connectivity index (χ4v) is 2.98. The standard InChI is InChI=1S/C15H14N4O3S/c1-8(20)12(13(21)16-2)23-15-19-18-14(22-15)10-7-17-11-6-4-3-5-9(10)11/h3-7,12,17H,1-2H3,(H,16,21)/t12-/m0/s1. The van der Waals surface area contributed by atoms with Crippen LogP contribution >= 0.6 is 11.8 Å². The number of benzene rings is 1. The van der Waals surface area contributed by atoms with Crippen LogP contribution in [0.15, 0.2) is 40.1 Å². The minimum atomic E-state index is -0.906. The lowest BCUT2D eigenvalue weighted by Crippen LogP contribution is -2.34. The number of nitrogens with one attached hydrogen (secondary N) is 2. The van der Waals surface area contributed by atoms with E-state index in [-0.39, 0.29) is 11.0 Å². The molecule has 3 rings (SSSR count). The maximum atomic E-state index is 11.7. The second kappa shape index (κ2) is 6.25. The number of hydrogen-bond acceptors (Lipinski definition) is 6. The number of amides is 1. The predicted molar refractivity (Wildman–Crippen MR) is 86.0 cm³/mol. The Bertz CT molecular complexity index is 870. The van der Waals surface area contributed by atoms with E-state index < -0.39 is 11.2 Å². The van der Waals surface area contributed by atoms with Crippen LogP contribution in [-0.4, -0.2) is 39.2 Å². The molecule has 118 valence electrons. The normalized spacial score (nSPS) is 12.3. The molecule has 0 radical (unpaired) electrons. The van der Waals surface area contributed by atoms with Crippen molar-refractivity contribution >= 4 is 34.4 Å². The average Bonchev–Trinajstić information content (AvgIpc) is 3.17. The molecule has 0 aliphatic heterocycles. The van der Waals surface area contributed by atoms with Gasteiger partial charge in [0, 0.05) is 24.1 Å². The molecule has 3 aromatic rings. The van der Waals surface area contributed by atoms with Gasteiger partial charge < -0.3 is 14.7 Å². The highest BCUT2D eigenvalue weighted by atomic mass is 32.2. The van der Waals surface area contributed by atoms with Gasteiger partial charge in [0.15, 0.2) is 11.0 Å². The zero-order chi connectivity index (χ0) is 16.4. The lowest BCUT2D eigenvalue weighted by atomic mass is 10.2. The third kappa shape index (κ3) is 2.98. The molecule has 2 N–H and O–H groups in total. The minimum absolute atomic E-state index is 0.175. The van der Waals surface area contributed by atoms with Crippen molar-refractivity contribution in [3.05, 3.63) is 30.5 Å². The SMILES string of the molecule is CNC(=O)[C@@H](Sc1nnc(-c2c[nH]c3ccccc23)o1)C(C)=O. The van der Waals surface area contributed by atoms with E-state index in [1.165, 1.54) is 14.0 Å². The van der Waals surface area contributed by atoms with Gasteiger partial charge in [-0.25, -0.2) is 0 Å². The first-order valence-electron chi connectivity index (χ1n) is 6.89. The zero-order valence-corrected chi connectivity index (χ0v) is 13.3. The Labute approximate surface area is 135 Å². The summed E-state index contributed by atoms with van der Waals surface area (Å²) in [6, 6.07) is 7.74. The van der Waals surface area contributed by atoms with E-state index in [4.69, 9.17) is 4.42 Å². The molecule has 1 atom stereocenters. The topological polar surface area (TPSA) is 101 Å². The highest BCUT2D eigenvalue weighted by Crippen LogP contribution is 2.30. The largest absolute Gasteiger partial charge is 0.411 e. The third-order valence-corrected chi connectivity index (χ3v) is 4.45. The molecule has 1 aromatic carbocycles. The van der Waals surface area contributed by atoms with E-state index >= 15 is 0 Å². The summed E-state index contributed by atoms with van der Waals surface area (Å²) in [6.45, 7) is 1.35. The van der Waals surface area contributed by atoms with Gasteiger partial charge >= 0.3 is 0 Å². The summed E-state index contributed by atoms with van der Waals surface area (Å²) < 4.78 is 5.60. The molecule has 23 heavy (non-hydrogen) atoms. The summed E-state index contributed by atoms with van der Waals surface area (Å²) in [5.74, 6) is -0.334. The van der Waals surface area contributed by atoms with Gasteiger partial charge in [-0.1, -0.05) is 18.2 Å². The van der Waals surface area contributed by atoms with E-state index in [0.717, 1.165) is 28.2 Å². The van der Waals surface area contributed by atoms with Gasteiger partial charge in [0.2, 0.25) is 5.91 Å². The van der Waals surface area contributed by atoms with E-state index in [0.29, 0.717) is 5.89 Å². The molecule has 2 heterocycles. The van der Waals surface area contributed by atoms with Gasteiger partial charge in [-0.2, -0.15) is 0 Å². The lowest BCUT2D eigenvalue weighted by Gasteiger charge is -2.08. The Morgan fingerprint density at radius 2 is 2.09 bits per heavy atom. The number of aromatic amines is 1. The molecule has 0 fully saturated rings. The Kier molecular flexibility index (Phi) is 4.16. The number of carbonyl (C=O) groups is 2. The molecular weight excluding hydrogens is 316 g/mol. The Morgan fingerprint density at radius 3 is 2.83 bits per heavy atom. The molecule has 0 bridgehead atoms. The lowest BCUT2D eigenvalue weighted by molar-refractivity contribution is -0.126. The van der Waals surface area contributed by atoms with Crippen molar-refractivity contribution < 1.29 is 14.0 Å². The van der Waals surface area contributed by atoms with Crippen molar-refractivity contribution in [1.29, 1.82) is 0 Å². The number of thioether (sulfide) groups is 1. The van der Waals surface area contributed by atoms with Crippen LogP contribution < -0.4 is 5.32 Å². The van der Waals surface area contributed by atoms with Crippen LogP contribution in [0.4, 0.5) is 0 Å². The molecule has 8 heteroatoms. The van der Waals surface area contributed by atoms with E-state index in [1.54, 1.807) is 6.20 Å². The zero-order valence-electron chi connectivity index (χ0n) is 12.5. The van der Waals surface area contributed by atoms with Crippen LogP contribution in [-0.2, 0) is 9.59 Å². The maximum absolute atomic E-state index is 11.7. The Morgan fingerprint density at radius 1 is 1.30 bits per heavy atom. The van der Waals surface area contributed by atoms with Gasteiger partial charge in [0.05, 0.1) is 5.56 Å². The quantitative estimate of drug-likeness (QED) is 0.548. The number of H-pyrrole nitrogens is 1. The van der Waals surface area contributed by atoms with Gasteiger partial charge in [-0.15, -0.1) is 10.2 Å². The summed E-state index contributed by atoms with van der Waals surface area (Å²) in [5.41, 5.74) is 1.74. The van der Waals surface area contributed by atoms with Crippen molar-refractivity contribution in [3.63, 3.8) is 0 Å². The Balaban J connectivity index is 1.88. The molecule has 0 spiro atoms. The summed E-state index contributed by atoms with van der Waals surface area (Å²) in [4.78, 5) is 26.4. The number of carbonyl (C=O) groups excluding carboxylic acids is 2. The smallest absolute Gasteiger partial charge is 0.278 e. The van der Waals surface area contributed by atoms with E-state index in [1.807, 2.05) is 24.3 Å². The highest BCUT2D eigenvalue weighted by Gasteiger charge is 2.26. The van der Waals surface area contributed by atoms with E-state index in [2.05, 4.69) is 20.5 Å². The Hall–Kier alpha value is -2.61. The summed E-state index contributed by atoms with van der Waals surface area (Å²) in [5, 5.41) is 10.6. The highest BCUT2D eigenvalue weighted by molar-refractivity contribution is 8.01. The first-order chi connectivity index (χ1) is 11.1. The molecule has 7 nitrogen and oxygen atoms in total. The first kappa shape index (κ1) is 15.3. The van der Waals surface area contributed by atoms with Crippen LogP contribution in [0.2, 0.25) is 0 Å². The van der Waals surface area contributed by atoms with Crippen molar-refractivity contribution in [3.8, 4) is 11.5 Å². The van der Waals surface area contributed by atoms with Gasteiger partial charge in [0.1, 0.15) is 0 Å². The number of aromatic nitrogens is 3. The van der Waals surface area contributed by atoms with Gasteiger partial charge in [-0.05, 0) is 24.8 Å². The second-order valence-corrected chi connectivity index (χ2v) is 5.90. The van der Waals surface area contributed by atoms with Crippen LogP contribution in [0.1, 0.15) is 6.92 Å². The summed E-state index contributed by atoms with van der Waals surface area (Å²) in [7, 11) is 1.48. The molecule has 0 unspecified atom stereocenters. The number of nitrogens with zero attached hydrogens (tertiary/aromatic N) is 2. The van der Waals surface area contributed by atoms with Crippen LogP contribution in [0, 0.1) is 0 Å². The first-order valence-corrected chi connectivity index (χ1v) is 7.77. The van der Waals surface area contributed by atoms with Crippen molar-refractivity contribution in [1.82, 2.24) is 20.5 Å². The van der Waals surface area contributed by atoms with Gasteiger partial charge in [-0.3, -0.25) is 9.59 Å². The number of fused-ring (bicyclic) bond motifs is 1. The van der Waals surface area contributed by atoms with Gasteiger partial charge in [0.25, 0.3) is 11.1 Å². The number of ketones is 1. The molecule has 1 amide bonds. The molecule has 0 saturated carbocycles. The number of hydrogen-bond donors (Lipinski definition) is 2. The minimum Gasteiger partial charge on any atom is -0.411 e. The van der Waals surface area contributed by atoms with Crippen molar-refractivity contribution in [2.24, 2.45) is 0 Å². The molecule has 0 saturated heterocycles.